The number of aliphatic hydroxyl groups excluding tert-OH is 2. The van der Waals surface area contributed by atoms with Crippen LogP contribution in [0.15, 0.2) is 0 Å². The Morgan fingerprint density at radius 2 is 2.29 bits per heavy atom. The molecule has 5 nitrogen and oxygen atoms in total. The van der Waals surface area contributed by atoms with Crippen molar-refractivity contribution in [2.45, 2.75) is 37.8 Å². The van der Waals surface area contributed by atoms with Crippen LogP contribution < -0.4 is 0 Å². The molecule has 1 aliphatic heterocycles. The van der Waals surface area contributed by atoms with Crippen molar-refractivity contribution in [2.24, 2.45) is 0 Å². The zero-order valence-corrected chi connectivity index (χ0v) is 8.35. The monoisotopic (exact) mass is 206 g/mol. The molecule has 1 fully saturated rings. The Bertz CT molecular complexity index is 175. The summed E-state index contributed by atoms with van der Waals surface area (Å²) in [4.78, 5) is 0. The number of ether oxygens (including phenoxy) is 2. The Balaban J connectivity index is 2.35. The molecule has 84 valence electrons. The highest BCUT2D eigenvalue weighted by atomic mass is 16.7. The molecule has 0 amide bonds. The molecule has 14 heavy (non-hydrogen) atoms. The van der Waals surface area contributed by atoms with Crippen LogP contribution in [0.2, 0.25) is 0 Å². The number of hydrogen-bond donors (Lipinski definition) is 3. The Hall–Kier alpha value is -0.200. The van der Waals surface area contributed by atoms with Crippen molar-refractivity contribution >= 4 is 0 Å². The van der Waals surface area contributed by atoms with E-state index in [4.69, 9.17) is 14.6 Å². The molecule has 1 saturated heterocycles. The van der Waals surface area contributed by atoms with Crippen molar-refractivity contribution in [2.75, 3.05) is 19.8 Å². The first kappa shape index (κ1) is 11.9. The third kappa shape index (κ3) is 2.43. The fourth-order valence-electron chi connectivity index (χ4n) is 1.28. The van der Waals surface area contributed by atoms with Crippen LogP contribution in [0.1, 0.15) is 19.8 Å². The molecule has 1 heterocycles. The van der Waals surface area contributed by atoms with Crippen molar-refractivity contribution in [3.63, 3.8) is 0 Å². The Kier molecular flexibility index (Phi) is 4.28. The molecule has 1 aliphatic rings. The standard InChI is InChI=1S/C9H18O5/c1-2-3-4-13-8-7(11)9(12,5-10)6-14-8/h7-8,10-12H,2-6H2,1H3/t7-,8+,9+/m0/s1. The molecule has 0 unspecified atom stereocenters. The lowest BCUT2D eigenvalue weighted by Crippen LogP contribution is -2.47. The van der Waals surface area contributed by atoms with Gasteiger partial charge in [-0.3, -0.25) is 0 Å². The minimum Gasteiger partial charge on any atom is -0.393 e. The summed E-state index contributed by atoms with van der Waals surface area (Å²) >= 11 is 0. The molecule has 0 aliphatic carbocycles. The number of unbranched alkanes of at least 4 members (excludes halogenated alkanes) is 1. The predicted octanol–water partition coefficient (Wildman–Crippen LogP) is -0.756. The highest BCUT2D eigenvalue weighted by Crippen LogP contribution is 2.25. The van der Waals surface area contributed by atoms with Gasteiger partial charge < -0.3 is 24.8 Å². The minimum absolute atomic E-state index is 0.0958. The molecular weight excluding hydrogens is 188 g/mol. The molecule has 1 rings (SSSR count). The van der Waals surface area contributed by atoms with E-state index in [0.717, 1.165) is 12.8 Å². The van der Waals surface area contributed by atoms with E-state index in [-0.39, 0.29) is 6.61 Å². The van der Waals surface area contributed by atoms with Gasteiger partial charge in [0.1, 0.15) is 11.7 Å². The summed E-state index contributed by atoms with van der Waals surface area (Å²) in [5, 5.41) is 28.0. The summed E-state index contributed by atoms with van der Waals surface area (Å²) in [6, 6.07) is 0. The Morgan fingerprint density at radius 3 is 2.79 bits per heavy atom. The van der Waals surface area contributed by atoms with Gasteiger partial charge in [0.05, 0.1) is 13.2 Å². The lowest BCUT2D eigenvalue weighted by molar-refractivity contribution is -0.161. The molecule has 0 saturated carbocycles. The second-order valence-electron chi connectivity index (χ2n) is 3.61. The zero-order chi connectivity index (χ0) is 10.6. The first-order valence-corrected chi connectivity index (χ1v) is 4.88. The second kappa shape index (κ2) is 5.04. The topological polar surface area (TPSA) is 79.2 Å². The maximum Gasteiger partial charge on any atom is 0.186 e. The fourth-order valence-corrected chi connectivity index (χ4v) is 1.28. The summed E-state index contributed by atoms with van der Waals surface area (Å²) in [6.07, 6.45) is -0.125. The lowest BCUT2D eigenvalue weighted by Gasteiger charge is -2.23. The van der Waals surface area contributed by atoms with Crippen LogP contribution in [-0.2, 0) is 9.47 Å². The SMILES string of the molecule is CCCCO[C@@H]1OC[C@](O)(CO)[C@H]1O. The van der Waals surface area contributed by atoms with Crippen LogP contribution in [-0.4, -0.2) is 53.1 Å². The highest BCUT2D eigenvalue weighted by molar-refractivity contribution is 4.93. The minimum atomic E-state index is -1.57. The van der Waals surface area contributed by atoms with Crippen LogP contribution in [0, 0.1) is 0 Å². The molecule has 0 radical (unpaired) electrons. The van der Waals surface area contributed by atoms with Crippen molar-refractivity contribution < 1.29 is 24.8 Å². The van der Waals surface area contributed by atoms with E-state index in [1.54, 1.807) is 0 Å². The van der Waals surface area contributed by atoms with E-state index in [2.05, 4.69) is 0 Å². The first-order chi connectivity index (χ1) is 6.64. The third-order valence-corrected chi connectivity index (χ3v) is 2.36. The van der Waals surface area contributed by atoms with E-state index >= 15 is 0 Å². The molecule has 0 aromatic rings. The maximum absolute atomic E-state index is 9.59. The molecule has 0 bridgehead atoms. The number of hydrogen-bond acceptors (Lipinski definition) is 5. The molecule has 0 spiro atoms. The Morgan fingerprint density at radius 1 is 1.57 bits per heavy atom. The van der Waals surface area contributed by atoms with E-state index < -0.39 is 24.6 Å². The average molecular weight is 206 g/mol. The van der Waals surface area contributed by atoms with Crippen LogP contribution in [0.3, 0.4) is 0 Å². The van der Waals surface area contributed by atoms with Gasteiger partial charge in [-0.2, -0.15) is 0 Å². The zero-order valence-electron chi connectivity index (χ0n) is 8.35. The van der Waals surface area contributed by atoms with E-state index in [9.17, 15) is 10.2 Å². The highest BCUT2D eigenvalue weighted by Gasteiger charge is 2.48. The van der Waals surface area contributed by atoms with Crippen LogP contribution >= 0.6 is 0 Å². The molecule has 5 heteroatoms. The van der Waals surface area contributed by atoms with Gasteiger partial charge in [-0.1, -0.05) is 13.3 Å². The summed E-state index contributed by atoms with van der Waals surface area (Å²) in [6.45, 7) is 1.89. The largest absolute Gasteiger partial charge is 0.393 e. The van der Waals surface area contributed by atoms with Crippen LogP contribution in [0.25, 0.3) is 0 Å². The van der Waals surface area contributed by atoms with Gasteiger partial charge in [-0.05, 0) is 6.42 Å². The van der Waals surface area contributed by atoms with Crippen LogP contribution in [0.5, 0.6) is 0 Å². The van der Waals surface area contributed by atoms with Gasteiger partial charge in [0, 0.05) is 6.61 Å². The van der Waals surface area contributed by atoms with Gasteiger partial charge in [0.25, 0.3) is 0 Å². The summed E-state index contributed by atoms with van der Waals surface area (Å²) in [5.74, 6) is 0. The number of rotatable bonds is 5. The average Bonchev–Trinajstić information content (AvgIpc) is 2.47. The molecule has 0 aromatic heterocycles. The van der Waals surface area contributed by atoms with Crippen molar-refractivity contribution in [1.29, 1.82) is 0 Å². The maximum atomic E-state index is 9.59. The Labute approximate surface area is 83.3 Å². The van der Waals surface area contributed by atoms with E-state index in [1.807, 2.05) is 6.92 Å². The third-order valence-electron chi connectivity index (χ3n) is 2.36. The van der Waals surface area contributed by atoms with Gasteiger partial charge in [-0.15, -0.1) is 0 Å². The van der Waals surface area contributed by atoms with Gasteiger partial charge in [-0.25, -0.2) is 0 Å². The van der Waals surface area contributed by atoms with Crippen LogP contribution in [0.4, 0.5) is 0 Å². The van der Waals surface area contributed by atoms with Gasteiger partial charge in [0.15, 0.2) is 6.29 Å². The molecule has 3 N–H and O–H groups in total. The van der Waals surface area contributed by atoms with Crippen molar-refractivity contribution in [3.05, 3.63) is 0 Å². The molecule has 3 atom stereocenters. The normalized spacial score (nSPS) is 37.7. The fraction of sp³-hybridized carbons (Fsp3) is 1.00. The van der Waals surface area contributed by atoms with Crippen molar-refractivity contribution in [3.8, 4) is 0 Å². The van der Waals surface area contributed by atoms with Crippen molar-refractivity contribution in [1.82, 2.24) is 0 Å². The smallest absolute Gasteiger partial charge is 0.186 e. The number of aliphatic hydroxyl groups is 3. The first-order valence-electron chi connectivity index (χ1n) is 4.88. The summed E-state index contributed by atoms with van der Waals surface area (Å²) in [5.41, 5.74) is -1.57. The molecule has 0 aromatic carbocycles. The van der Waals surface area contributed by atoms with Gasteiger partial charge >= 0.3 is 0 Å². The second-order valence-corrected chi connectivity index (χ2v) is 3.61. The summed E-state index contributed by atoms with van der Waals surface area (Å²) < 4.78 is 10.2. The molecular formula is C9H18O5. The summed E-state index contributed by atoms with van der Waals surface area (Å²) in [7, 11) is 0. The van der Waals surface area contributed by atoms with E-state index in [0.29, 0.717) is 6.61 Å². The predicted molar refractivity (Wildman–Crippen MR) is 48.6 cm³/mol. The van der Waals surface area contributed by atoms with E-state index in [1.165, 1.54) is 0 Å². The lowest BCUT2D eigenvalue weighted by atomic mass is 10.0. The quantitative estimate of drug-likeness (QED) is 0.515. The van der Waals surface area contributed by atoms with Gasteiger partial charge in [0.2, 0.25) is 0 Å².